The lowest BCUT2D eigenvalue weighted by Gasteiger charge is -2.21. The highest BCUT2D eigenvalue weighted by Gasteiger charge is 2.66. The Labute approximate surface area is 146 Å². The Kier molecular flexibility index (Phi) is 5.03. The number of ether oxygens (including phenoxy) is 1. The van der Waals surface area contributed by atoms with Gasteiger partial charge in [0, 0.05) is 12.1 Å². The number of hydrogen-bond acceptors (Lipinski definition) is 2. The van der Waals surface area contributed by atoms with Gasteiger partial charge in [0.15, 0.2) is 0 Å². The average molecular weight is 334 g/mol. The zero-order chi connectivity index (χ0) is 15.1. The lowest BCUT2D eigenvalue weighted by Crippen LogP contribution is -2.27. The quantitative estimate of drug-likeness (QED) is 0.683. The molecular weight excluding hydrogens is 306 g/mol. The molecule has 4 bridgehead atoms. The molecule has 0 amide bonds. The minimum absolute atomic E-state index is 0. The van der Waals surface area contributed by atoms with Crippen LogP contribution in [-0.2, 0) is 4.74 Å². The molecule has 2 unspecified atom stereocenters. The van der Waals surface area contributed by atoms with E-state index in [4.69, 9.17) is 4.74 Å². The Bertz CT molecular complexity index is 550. The fourth-order valence-electron chi connectivity index (χ4n) is 4.90. The Morgan fingerprint density at radius 1 is 1.09 bits per heavy atom. The first-order chi connectivity index (χ1) is 10.8. The van der Waals surface area contributed by atoms with Gasteiger partial charge in [-0.15, -0.1) is 12.4 Å². The van der Waals surface area contributed by atoms with E-state index in [1.807, 2.05) is 0 Å². The normalized spacial score (nSPS) is 32.0. The molecule has 0 saturated heterocycles. The summed E-state index contributed by atoms with van der Waals surface area (Å²) in [5, 5.41) is 0. The highest BCUT2D eigenvalue weighted by molar-refractivity contribution is 5.85. The van der Waals surface area contributed by atoms with Crippen LogP contribution < -0.4 is 0 Å². The van der Waals surface area contributed by atoms with Crippen molar-refractivity contribution in [1.29, 1.82) is 0 Å². The summed E-state index contributed by atoms with van der Waals surface area (Å²) in [5.41, 5.74) is 2.95. The Morgan fingerprint density at radius 3 is 2.26 bits per heavy atom. The molecule has 0 radical (unpaired) electrons. The largest absolute Gasteiger partial charge is 0.492 e. The van der Waals surface area contributed by atoms with Gasteiger partial charge in [-0.25, -0.2) is 0 Å². The monoisotopic (exact) mass is 333 g/mol. The van der Waals surface area contributed by atoms with E-state index in [0.29, 0.717) is 0 Å². The SMILES string of the molecule is CCN(CC)CCO/C(=C1\C2CC3C(C2)C13)c1ccccc1.Cl. The van der Waals surface area contributed by atoms with E-state index in [2.05, 4.69) is 49.1 Å². The van der Waals surface area contributed by atoms with Crippen LogP contribution in [0.3, 0.4) is 0 Å². The van der Waals surface area contributed by atoms with Crippen molar-refractivity contribution in [1.82, 2.24) is 4.90 Å². The van der Waals surface area contributed by atoms with Crippen molar-refractivity contribution >= 4 is 18.2 Å². The van der Waals surface area contributed by atoms with Crippen LogP contribution in [0, 0.1) is 23.7 Å². The summed E-state index contributed by atoms with van der Waals surface area (Å²) in [6, 6.07) is 10.8. The molecule has 0 heterocycles. The first-order valence-corrected chi connectivity index (χ1v) is 8.98. The summed E-state index contributed by atoms with van der Waals surface area (Å²) in [5.74, 6) is 4.93. The minimum Gasteiger partial charge on any atom is -0.492 e. The van der Waals surface area contributed by atoms with Crippen LogP contribution in [0.1, 0.15) is 32.3 Å². The number of likely N-dealkylation sites (N-methyl/N-ethyl adjacent to an activating group) is 1. The first kappa shape index (κ1) is 16.9. The zero-order valence-electron chi connectivity index (χ0n) is 14.2. The molecule has 23 heavy (non-hydrogen) atoms. The Hall–Kier alpha value is -0.990. The van der Waals surface area contributed by atoms with Crippen molar-refractivity contribution in [3.8, 4) is 0 Å². The maximum absolute atomic E-state index is 6.38. The minimum atomic E-state index is 0. The lowest BCUT2D eigenvalue weighted by molar-refractivity contribution is 0.200. The number of halogens is 1. The first-order valence-electron chi connectivity index (χ1n) is 8.98. The van der Waals surface area contributed by atoms with Crippen LogP contribution in [0.5, 0.6) is 0 Å². The van der Waals surface area contributed by atoms with Crippen LogP contribution >= 0.6 is 12.4 Å². The molecule has 1 aromatic rings. The molecule has 5 rings (SSSR count). The summed E-state index contributed by atoms with van der Waals surface area (Å²) in [6.45, 7) is 8.49. The lowest BCUT2D eigenvalue weighted by atomic mass is 10.0. The Balaban J connectivity index is 0.00000156. The molecule has 126 valence electrons. The zero-order valence-corrected chi connectivity index (χ0v) is 15.0. The second-order valence-corrected chi connectivity index (χ2v) is 7.05. The van der Waals surface area contributed by atoms with Crippen LogP contribution in [0.2, 0.25) is 0 Å². The molecule has 2 atom stereocenters. The van der Waals surface area contributed by atoms with Crippen molar-refractivity contribution in [2.45, 2.75) is 26.7 Å². The Morgan fingerprint density at radius 2 is 1.74 bits per heavy atom. The van der Waals surface area contributed by atoms with Gasteiger partial charge in [-0.3, -0.25) is 0 Å². The number of allylic oxidation sites excluding steroid dienone is 1. The molecular formula is C20H28ClNO. The maximum Gasteiger partial charge on any atom is 0.126 e. The van der Waals surface area contributed by atoms with Gasteiger partial charge in [0.2, 0.25) is 0 Å². The molecule has 0 aliphatic heterocycles. The summed E-state index contributed by atoms with van der Waals surface area (Å²) >= 11 is 0. The smallest absolute Gasteiger partial charge is 0.126 e. The van der Waals surface area contributed by atoms with Crippen molar-refractivity contribution < 1.29 is 4.74 Å². The van der Waals surface area contributed by atoms with Crippen molar-refractivity contribution in [2.24, 2.45) is 23.7 Å². The third-order valence-electron chi connectivity index (χ3n) is 6.09. The van der Waals surface area contributed by atoms with Gasteiger partial charge in [0.25, 0.3) is 0 Å². The second-order valence-electron chi connectivity index (χ2n) is 7.05. The van der Waals surface area contributed by atoms with E-state index >= 15 is 0 Å². The third kappa shape index (κ3) is 2.92. The number of rotatable bonds is 7. The topological polar surface area (TPSA) is 12.5 Å². The second kappa shape index (κ2) is 6.86. The highest BCUT2D eigenvalue weighted by atomic mass is 35.5. The number of hydrogen-bond donors (Lipinski definition) is 0. The molecule has 1 aromatic carbocycles. The van der Waals surface area contributed by atoms with Gasteiger partial charge in [-0.05, 0) is 55.2 Å². The van der Waals surface area contributed by atoms with Crippen LogP contribution in [0.4, 0.5) is 0 Å². The van der Waals surface area contributed by atoms with Crippen LogP contribution in [0.25, 0.3) is 5.76 Å². The van der Waals surface area contributed by atoms with E-state index < -0.39 is 0 Å². The molecule has 4 fully saturated rings. The fraction of sp³-hybridized carbons (Fsp3) is 0.600. The number of benzene rings is 1. The predicted octanol–water partition coefficient (Wildman–Crippen LogP) is 4.46. The fourth-order valence-corrected chi connectivity index (χ4v) is 4.90. The van der Waals surface area contributed by atoms with Gasteiger partial charge in [0.05, 0.1) is 0 Å². The van der Waals surface area contributed by atoms with Gasteiger partial charge in [0.1, 0.15) is 12.4 Å². The molecule has 0 spiro atoms. The predicted molar refractivity (Wildman–Crippen MR) is 97.5 cm³/mol. The van der Waals surface area contributed by atoms with E-state index in [1.54, 1.807) is 5.57 Å². The number of nitrogens with zero attached hydrogens (tertiary/aromatic N) is 1. The molecule has 0 aromatic heterocycles. The summed E-state index contributed by atoms with van der Waals surface area (Å²) in [7, 11) is 0. The standard InChI is InChI=1S/C20H27NO.ClH/c1-3-21(4-2)10-11-22-20(14-8-6-5-7-9-14)18-15-12-16-17(13-15)19(16)18;/h5-9,15-17,19H,3-4,10-13H2,1-2H3;1H/b20-18+;. The van der Waals surface area contributed by atoms with E-state index in [1.165, 1.54) is 24.2 Å². The van der Waals surface area contributed by atoms with Crippen molar-refractivity contribution in [2.75, 3.05) is 26.2 Å². The molecule has 4 saturated carbocycles. The average Bonchev–Trinajstić information content (AvgIpc) is 2.93. The maximum atomic E-state index is 6.38. The molecule has 0 N–H and O–H groups in total. The molecule has 3 heteroatoms. The molecule has 4 aliphatic rings. The third-order valence-corrected chi connectivity index (χ3v) is 6.09. The van der Waals surface area contributed by atoms with Crippen molar-refractivity contribution in [3.63, 3.8) is 0 Å². The summed E-state index contributed by atoms with van der Waals surface area (Å²) in [4.78, 5) is 2.43. The van der Waals surface area contributed by atoms with E-state index in [0.717, 1.165) is 49.9 Å². The summed E-state index contributed by atoms with van der Waals surface area (Å²) in [6.07, 6.45) is 2.86. The summed E-state index contributed by atoms with van der Waals surface area (Å²) < 4.78 is 6.38. The van der Waals surface area contributed by atoms with Gasteiger partial charge < -0.3 is 9.64 Å². The van der Waals surface area contributed by atoms with Crippen LogP contribution in [-0.4, -0.2) is 31.1 Å². The van der Waals surface area contributed by atoms with Gasteiger partial charge in [-0.2, -0.15) is 0 Å². The van der Waals surface area contributed by atoms with Crippen molar-refractivity contribution in [3.05, 3.63) is 41.5 Å². The van der Waals surface area contributed by atoms with E-state index in [9.17, 15) is 0 Å². The van der Waals surface area contributed by atoms with Gasteiger partial charge >= 0.3 is 0 Å². The molecule has 2 nitrogen and oxygen atoms in total. The van der Waals surface area contributed by atoms with E-state index in [-0.39, 0.29) is 12.4 Å². The highest BCUT2D eigenvalue weighted by Crippen LogP contribution is 2.74. The van der Waals surface area contributed by atoms with Crippen LogP contribution in [0.15, 0.2) is 35.9 Å². The molecule has 4 aliphatic carbocycles. The van der Waals surface area contributed by atoms with Gasteiger partial charge in [-0.1, -0.05) is 44.2 Å².